The fourth-order valence-electron chi connectivity index (χ4n) is 2.77. The number of likely N-dealkylation sites (N-methyl/N-ethyl adjacent to an activating group) is 1. The van der Waals surface area contributed by atoms with Gasteiger partial charge in [0.25, 0.3) is 0 Å². The number of hydrogen-bond donors (Lipinski definition) is 1. The summed E-state index contributed by atoms with van der Waals surface area (Å²) < 4.78 is 0. The van der Waals surface area contributed by atoms with Crippen LogP contribution in [0.4, 0.5) is 0 Å². The number of carbonyl (C=O) groups excluding carboxylic acids is 1. The maximum atomic E-state index is 12.1. The summed E-state index contributed by atoms with van der Waals surface area (Å²) in [6.45, 7) is 0. The van der Waals surface area contributed by atoms with E-state index in [4.69, 9.17) is 0 Å². The van der Waals surface area contributed by atoms with Crippen molar-refractivity contribution >= 4 is 17.2 Å². The molecule has 19 heavy (non-hydrogen) atoms. The van der Waals surface area contributed by atoms with Crippen molar-refractivity contribution in [3.05, 3.63) is 22.4 Å². The van der Waals surface area contributed by atoms with Crippen molar-refractivity contribution in [2.24, 2.45) is 0 Å². The van der Waals surface area contributed by atoms with Gasteiger partial charge in [0.2, 0.25) is 5.91 Å². The Labute approximate surface area is 119 Å². The van der Waals surface area contributed by atoms with E-state index in [2.05, 4.69) is 11.4 Å². The van der Waals surface area contributed by atoms with Gasteiger partial charge in [0.1, 0.15) is 0 Å². The van der Waals surface area contributed by atoms with Crippen LogP contribution in [0.5, 0.6) is 0 Å². The molecule has 0 spiro atoms. The van der Waals surface area contributed by atoms with Gasteiger partial charge in [0, 0.05) is 18.3 Å². The minimum Gasteiger partial charge on any atom is -0.391 e. The molecule has 4 heteroatoms. The minimum atomic E-state index is -0.333. The smallest absolute Gasteiger partial charge is 0.222 e. The lowest BCUT2D eigenvalue weighted by Gasteiger charge is -2.35. The molecule has 106 valence electrons. The fraction of sp³-hybridized carbons (Fsp3) is 0.667. The van der Waals surface area contributed by atoms with E-state index in [-0.39, 0.29) is 18.1 Å². The summed E-state index contributed by atoms with van der Waals surface area (Å²) in [5.41, 5.74) is 0. The van der Waals surface area contributed by atoms with Crippen LogP contribution in [-0.2, 0) is 11.2 Å². The molecule has 0 saturated heterocycles. The molecular weight excluding hydrogens is 258 g/mol. The quantitative estimate of drug-likeness (QED) is 0.901. The molecule has 1 aromatic heterocycles. The van der Waals surface area contributed by atoms with Crippen LogP contribution in [0.25, 0.3) is 0 Å². The third-order valence-electron chi connectivity index (χ3n) is 3.98. The molecule has 0 aromatic carbocycles. The van der Waals surface area contributed by atoms with Crippen molar-refractivity contribution in [1.29, 1.82) is 0 Å². The summed E-state index contributed by atoms with van der Waals surface area (Å²) >= 11 is 1.75. The lowest BCUT2D eigenvalue weighted by Crippen LogP contribution is -2.46. The standard InChI is InChI=1S/C15H23NO2S/c1-16(13-8-2-3-9-14(13)17)15(18)10-4-6-12-7-5-11-19-12/h5,7,11,13-14,17H,2-4,6,8-10H2,1H3. The Kier molecular flexibility index (Phi) is 5.40. The molecular formula is C15H23NO2S. The molecule has 1 fully saturated rings. The van der Waals surface area contributed by atoms with Gasteiger partial charge in [-0.1, -0.05) is 18.9 Å². The van der Waals surface area contributed by atoms with Crippen molar-refractivity contribution in [2.75, 3.05) is 7.05 Å². The Balaban J connectivity index is 1.75. The minimum absolute atomic E-state index is 0.0305. The Hall–Kier alpha value is -0.870. The van der Waals surface area contributed by atoms with Crippen molar-refractivity contribution < 1.29 is 9.90 Å². The van der Waals surface area contributed by atoms with E-state index in [1.54, 1.807) is 16.2 Å². The highest BCUT2D eigenvalue weighted by Crippen LogP contribution is 2.23. The maximum absolute atomic E-state index is 12.1. The van der Waals surface area contributed by atoms with Gasteiger partial charge in [-0.05, 0) is 37.1 Å². The van der Waals surface area contributed by atoms with E-state index in [0.717, 1.165) is 38.5 Å². The SMILES string of the molecule is CN(C(=O)CCCc1cccs1)C1CCCCC1O. The second kappa shape index (κ2) is 7.06. The summed E-state index contributed by atoms with van der Waals surface area (Å²) in [6.07, 6.45) is 6.09. The van der Waals surface area contributed by atoms with E-state index in [9.17, 15) is 9.90 Å². The number of carbonyl (C=O) groups is 1. The van der Waals surface area contributed by atoms with Crippen molar-refractivity contribution in [1.82, 2.24) is 4.90 Å². The summed E-state index contributed by atoms with van der Waals surface area (Å²) in [5, 5.41) is 12.0. The molecule has 3 nitrogen and oxygen atoms in total. The Morgan fingerprint density at radius 3 is 2.95 bits per heavy atom. The van der Waals surface area contributed by atoms with E-state index < -0.39 is 0 Å². The molecule has 2 rings (SSSR count). The maximum Gasteiger partial charge on any atom is 0.222 e. The number of aliphatic hydroxyl groups excluding tert-OH is 1. The Morgan fingerprint density at radius 1 is 1.47 bits per heavy atom. The first-order valence-electron chi connectivity index (χ1n) is 7.14. The van der Waals surface area contributed by atoms with Gasteiger partial charge in [-0.25, -0.2) is 0 Å². The lowest BCUT2D eigenvalue weighted by molar-refractivity contribution is -0.135. The number of hydrogen-bond acceptors (Lipinski definition) is 3. The molecule has 0 bridgehead atoms. The van der Waals surface area contributed by atoms with Crippen molar-refractivity contribution in [2.45, 2.75) is 57.1 Å². The van der Waals surface area contributed by atoms with E-state index in [1.165, 1.54) is 4.88 Å². The van der Waals surface area contributed by atoms with Gasteiger partial charge < -0.3 is 10.0 Å². The molecule has 2 unspecified atom stereocenters. The Bertz CT molecular complexity index is 391. The first kappa shape index (κ1) is 14.5. The highest BCUT2D eigenvalue weighted by molar-refractivity contribution is 7.09. The van der Waals surface area contributed by atoms with Gasteiger partial charge in [-0.2, -0.15) is 0 Å². The van der Waals surface area contributed by atoms with Crippen LogP contribution in [0.2, 0.25) is 0 Å². The average Bonchev–Trinajstić information content (AvgIpc) is 2.91. The van der Waals surface area contributed by atoms with Crippen LogP contribution < -0.4 is 0 Å². The zero-order valence-corrected chi connectivity index (χ0v) is 12.4. The second-order valence-electron chi connectivity index (χ2n) is 5.36. The zero-order chi connectivity index (χ0) is 13.7. The molecule has 1 N–H and O–H groups in total. The largest absolute Gasteiger partial charge is 0.391 e. The summed E-state index contributed by atoms with van der Waals surface area (Å²) in [5.74, 6) is 0.169. The van der Waals surface area contributed by atoms with Crippen LogP contribution >= 0.6 is 11.3 Å². The molecule has 0 aliphatic heterocycles. The normalized spacial score (nSPS) is 23.3. The first-order chi connectivity index (χ1) is 9.18. The monoisotopic (exact) mass is 281 g/mol. The molecule has 2 atom stereocenters. The van der Waals surface area contributed by atoms with Crippen LogP contribution in [0.1, 0.15) is 43.4 Å². The molecule has 1 heterocycles. The third-order valence-corrected chi connectivity index (χ3v) is 4.91. The topological polar surface area (TPSA) is 40.5 Å². The summed E-state index contributed by atoms with van der Waals surface area (Å²) in [6, 6.07) is 4.19. The molecule has 1 aliphatic rings. The zero-order valence-electron chi connectivity index (χ0n) is 11.5. The molecule has 0 radical (unpaired) electrons. The van der Waals surface area contributed by atoms with E-state index >= 15 is 0 Å². The number of rotatable bonds is 5. The van der Waals surface area contributed by atoms with Gasteiger partial charge in [0.15, 0.2) is 0 Å². The van der Waals surface area contributed by atoms with E-state index in [0.29, 0.717) is 6.42 Å². The van der Waals surface area contributed by atoms with Crippen LogP contribution in [0.3, 0.4) is 0 Å². The molecule has 1 aliphatic carbocycles. The predicted octanol–water partition coefficient (Wildman–Crippen LogP) is 2.83. The fourth-order valence-corrected chi connectivity index (χ4v) is 3.52. The van der Waals surface area contributed by atoms with Crippen LogP contribution in [0, 0.1) is 0 Å². The number of aryl methyl sites for hydroxylation is 1. The van der Waals surface area contributed by atoms with Crippen LogP contribution in [0.15, 0.2) is 17.5 Å². The highest BCUT2D eigenvalue weighted by atomic mass is 32.1. The number of nitrogens with zero attached hydrogens (tertiary/aromatic N) is 1. The van der Waals surface area contributed by atoms with Crippen molar-refractivity contribution in [3.63, 3.8) is 0 Å². The van der Waals surface area contributed by atoms with Crippen LogP contribution in [-0.4, -0.2) is 35.1 Å². The highest BCUT2D eigenvalue weighted by Gasteiger charge is 2.28. The number of thiophene rings is 1. The van der Waals surface area contributed by atoms with Crippen molar-refractivity contribution in [3.8, 4) is 0 Å². The van der Waals surface area contributed by atoms with Gasteiger partial charge >= 0.3 is 0 Å². The number of amides is 1. The lowest BCUT2D eigenvalue weighted by atomic mass is 9.91. The van der Waals surface area contributed by atoms with Gasteiger partial charge in [-0.3, -0.25) is 4.79 Å². The predicted molar refractivity (Wildman–Crippen MR) is 78.3 cm³/mol. The summed E-state index contributed by atoms with van der Waals surface area (Å²) in [7, 11) is 1.84. The second-order valence-corrected chi connectivity index (χ2v) is 6.39. The number of aliphatic hydroxyl groups is 1. The summed E-state index contributed by atoms with van der Waals surface area (Å²) in [4.78, 5) is 15.3. The third kappa shape index (κ3) is 4.05. The molecule has 1 saturated carbocycles. The van der Waals surface area contributed by atoms with Gasteiger partial charge in [-0.15, -0.1) is 11.3 Å². The van der Waals surface area contributed by atoms with Gasteiger partial charge in [0.05, 0.1) is 12.1 Å². The Morgan fingerprint density at radius 2 is 2.26 bits per heavy atom. The van der Waals surface area contributed by atoms with E-state index in [1.807, 2.05) is 13.1 Å². The molecule has 1 amide bonds. The molecule has 1 aromatic rings. The average molecular weight is 281 g/mol. The first-order valence-corrected chi connectivity index (χ1v) is 8.02.